The van der Waals surface area contributed by atoms with Gasteiger partial charge in [-0.1, -0.05) is 23.7 Å². The van der Waals surface area contributed by atoms with Gasteiger partial charge in [0.1, 0.15) is 11.9 Å². The lowest BCUT2D eigenvalue weighted by molar-refractivity contribution is -0.138. The summed E-state index contributed by atoms with van der Waals surface area (Å²) in [5.74, 6) is -0.335. The zero-order valence-electron chi connectivity index (χ0n) is 14.9. The number of carbonyl (C=O) groups excluding carboxylic acids is 1. The van der Waals surface area contributed by atoms with E-state index in [-0.39, 0.29) is 12.4 Å². The van der Waals surface area contributed by atoms with E-state index in [1.165, 1.54) is 12.1 Å². The lowest BCUT2D eigenvalue weighted by atomic mass is 9.96. The van der Waals surface area contributed by atoms with Gasteiger partial charge in [0, 0.05) is 16.4 Å². The van der Waals surface area contributed by atoms with Crippen LogP contribution in [0.25, 0.3) is 0 Å². The van der Waals surface area contributed by atoms with Crippen molar-refractivity contribution in [3.05, 3.63) is 76.2 Å². The molecule has 0 amide bonds. The zero-order valence-corrected chi connectivity index (χ0v) is 15.7. The van der Waals surface area contributed by atoms with Crippen LogP contribution in [-0.4, -0.2) is 18.5 Å². The Kier molecular flexibility index (Phi) is 5.76. The Morgan fingerprint density at radius 3 is 2.52 bits per heavy atom. The Bertz CT molecular complexity index is 892. The van der Waals surface area contributed by atoms with Crippen LogP contribution in [0.4, 0.5) is 10.1 Å². The van der Waals surface area contributed by atoms with E-state index in [4.69, 9.17) is 16.3 Å². The van der Waals surface area contributed by atoms with Gasteiger partial charge in [0.2, 0.25) is 5.96 Å². The Morgan fingerprint density at radius 1 is 1.22 bits per heavy atom. The molecule has 2 aromatic rings. The standard InChI is InChI=1S/C20H19ClFN3O2/c1-3-27-19(26)17-12(2)23-20(24-16-10-6-14(21)7-11-16)25-18(17)13-4-8-15(22)9-5-13/h4-11,18H,3H2,1-2H3,(H2,23,24,25). The Hall–Kier alpha value is -2.86. The summed E-state index contributed by atoms with van der Waals surface area (Å²) in [6.07, 6.45) is 0. The van der Waals surface area contributed by atoms with Gasteiger partial charge in [0.05, 0.1) is 12.2 Å². The molecule has 1 heterocycles. The van der Waals surface area contributed by atoms with Crippen LogP contribution in [0.1, 0.15) is 25.5 Å². The Balaban J connectivity index is 1.95. The average molecular weight is 388 g/mol. The number of guanidine groups is 1. The fourth-order valence-corrected chi connectivity index (χ4v) is 2.90. The summed E-state index contributed by atoms with van der Waals surface area (Å²) in [6.45, 7) is 3.78. The number of rotatable bonds is 4. The van der Waals surface area contributed by atoms with Crippen LogP contribution in [0.15, 0.2) is 64.8 Å². The second kappa shape index (κ2) is 8.22. The first-order valence-electron chi connectivity index (χ1n) is 8.48. The molecule has 1 aliphatic rings. The maximum atomic E-state index is 13.3. The second-order valence-electron chi connectivity index (χ2n) is 5.95. The number of aliphatic imine (C=N–C) groups is 1. The quantitative estimate of drug-likeness (QED) is 0.762. The van der Waals surface area contributed by atoms with Gasteiger partial charge >= 0.3 is 5.97 Å². The monoisotopic (exact) mass is 387 g/mol. The van der Waals surface area contributed by atoms with Gasteiger partial charge in [-0.15, -0.1) is 0 Å². The highest BCUT2D eigenvalue weighted by Gasteiger charge is 2.30. The summed E-state index contributed by atoms with van der Waals surface area (Å²) < 4.78 is 18.5. The maximum Gasteiger partial charge on any atom is 0.338 e. The van der Waals surface area contributed by atoms with Crippen LogP contribution in [0.3, 0.4) is 0 Å². The van der Waals surface area contributed by atoms with Crippen LogP contribution in [0, 0.1) is 5.82 Å². The van der Waals surface area contributed by atoms with Crippen molar-refractivity contribution >= 4 is 29.2 Å². The van der Waals surface area contributed by atoms with Gasteiger partial charge in [-0.05, 0) is 55.8 Å². The molecule has 2 aromatic carbocycles. The zero-order chi connectivity index (χ0) is 19.4. The number of nitrogens with one attached hydrogen (secondary N) is 2. The van der Waals surface area contributed by atoms with Gasteiger partial charge in [-0.3, -0.25) is 0 Å². The number of nitrogens with zero attached hydrogens (tertiary/aromatic N) is 1. The highest BCUT2D eigenvalue weighted by Crippen LogP contribution is 2.31. The minimum Gasteiger partial charge on any atom is -0.463 e. The van der Waals surface area contributed by atoms with E-state index < -0.39 is 12.0 Å². The smallest absolute Gasteiger partial charge is 0.338 e. The molecule has 0 spiro atoms. The van der Waals surface area contributed by atoms with Gasteiger partial charge in [0.25, 0.3) is 0 Å². The van der Waals surface area contributed by atoms with E-state index in [2.05, 4.69) is 15.6 Å². The summed E-state index contributed by atoms with van der Waals surface area (Å²) in [5.41, 5.74) is 2.49. The number of hydrogen-bond donors (Lipinski definition) is 2. The molecule has 140 valence electrons. The number of benzene rings is 2. The highest BCUT2D eigenvalue weighted by molar-refractivity contribution is 6.30. The van der Waals surface area contributed by atoms with E-state index in [9.17, 15) is 9.18 Å². The van der Waals surface area contributed by atoms with Crippen LogP contribution in [0.5, 0.6) is 0 Å². The van der Waals surface area contributed by atoms with Crippen molar-refractivity contribution in [1.82, 2.24) is 5.32 Å². The van der Waals surface area contributed by atoms with Crippen molar-refractivity contribution in [3.63, 3.8) is 0 Å². The first-order valence-corrected chi connectivity index (χ1v) is 8.86. The van der Waals surface area contributed by atoms with Crippen molar-refractivity contribution < 1.29 is 13.9 Å². The molecule has 0 aromatic heterocycles. The lowest BCUT2D eigenvalue weighted by Gasteiger charge is -2.26. The predicted molar refractivity (Wildman–Crippen MR) is 104 cm³/mol. The number of anilines is 1. The van der Waals surface area contributed by atoms with E-state index in [0.717, 1.165) is 5.69 Å². The van der Waals surface area contributed by atoms with Gasteiger partial charge in [-0.2, -0.15) is 0 Å². The molecule has 0 saturated heterocycles. The molecule has 2 N–H and O–H groups in total. The van der Waals surface area contributed by atoms with Crippen molar-refractivity contribution in [2.45, 2.75) is 19.9 Å². The summed E-state index contributed by atoms with van der Waals surface area (Å²) >= 11 is 5.91. The maximum absolute atomic E-state index is 13.3. The summed E-state index contributed by atoms with van der Waals surface area (Å²) in [5, 5.41) is 6.88. The molecule has 3 rings (SSSR count). The van der Waals surface area contributed by atoms with Gasteiger partial charge < -0.3 is 15.4 Å². The molecule has 0 aliphatic carbocycles. The molecule has 0 saturated carbocycles. The van der Waals surface area contributed by atoms with Crippen LogP contribution in [0.2, 0.25) is 5.02 Å². The molecule has 0 fully saturated rings. The number of hydrogen-bond acceptors (Lipinski definition) is 5. The largest absolute Gasteiger partial charge is 0.463 e. The molecule has 0 radical (unpaired) electrons. The van der Waals surface area contributed by atoms with Crippen molar-refractivity contribution in [2.24, 2.45) is 4.99 Å². The van der Waals surface area contributed by atoms with Crippen molar-refractivity contribution in [2.75, 3.05) is 11.9 Å². The predicted octanol–water partition coefficient (Wildman–Crippen LogP) is 4.43. The Labute approximate surface area is 161 Å². The minimum absolute atomic E-state index is 0.255. The fraction of sp³-hybridized carbons (Fsp3) is 0.200. The van der Waals surface area contributed by atoms with Gasteiger partial charge in [0.15, 0.2) is 0 Å². The summed E-state index contributed by atoms with van der Waals surface area (Å²) in [4.78, 5) is 17.1. The van der Waals surface area contributed by atoms with E-state index in [1.807, 2.05) is 12.1 Å². The second-order valence-corrected chi connectivity index (χ2v) is 6.38. The molecule has 1 aliphatic heterocycles. The summed E-state index contributed by atoms with van der Waals surface area (Å²) in [6, 6.07) is 12.5. The minimum atomic E-state index is -0.610. The number of ether oxygens (including phenoxy) is 1. The molecular weight excluding hydrogens is 369 g/mol. The highest BCUT2D eigenvalue weighted by atomic mass is 35.5. The van der Waals surface area contributed by atoms with E-state index in [0.29, 0.717) is 27.8 Å². The Morgan fingerprint density at radius 2 is 1.89 bits per heavy atom. The average Bonchev–Trinajstić information content (AvgIpc) is 2.64. The molecule has 1 atom stereocenters. The third kappa shape index (κ3) is 4.46. The molecule has 7 heteroatoms. The van der Waals surface area contributed by atoms with E-state index in [1.54, 1.807) is 38.1 Å². The fourth-order valence-electron chi connectivity index (χ4n) is 2.77. The van der Waals surface area contributed by atoms with Crippen LogP contribution < -0.4 is 10.6 Å². The SMILES string of the molecule is CCOC(=O)C1=C(C)NC(Nc2ccc(Cl)cc2)=NC1c1ccc(F)cc1. The first kappa shape index (κ1) is 18.9. The van der Waals surface area contributed by atoms with Crippen molar-refractivity contribution in [3.8, 4) is 0 Å². The van der Waals surface area contributed by atoms with Crippen LogP contribution in [-0.2, 0) is 9.53 Å². The molecule has 1 unspecified atom stereocenters. The third-order valence-corrected chi connectivity index (χ3v) is 4.28. The van der Waals surface area contributed by atoms with E-state index >= 15 is 0 Å². The number of esters is 1. The third-order valence-electron chi connectivity index (χ3n) is 4.03. The number of carbonyl (C=O) groups is 1. The van der Waals surface area contributed by atoms with Crippen LogP contribution >= 0.6 is 11.6 Å². The van der Waals surface area contributed by atoms with Crippen molar-refractivity contribution in [1.29, 1.82) is 0 Å². The van der Waals surface area contributed by atoms with Gasteiger partial charge in [-0.25, -0.2) is 14.2 Å². The lowest BCUT2D eigenvalue weighted by Crippen LogP contribution is -2.36. The summed E-state index contributed by atoms with van der Waals surface area (Å²) in [7, 11) is 0. The number of halogens is 2. The number of allylic oxidation sites excluding steroid dienone is 1. The molecule has 0 bridgehead atoms. The topological polar surface area (TPSA) is 62.7 Å². The normalized spacial score (nSPS) is 16.4. The molecular formula is C20H19ClFN3O2. The molecule has 27 heavy (non-hydrogen) atoms. The first-order chi connectivity index (χ1) is 13.0. The molecule has 5 nitrogen and oxygen atoms in total.